The van der Waals surface area contributed by atoms with Crippen LogP contribution in [0.25, 0.3) is 0 Å². The van der Waals surface area contributed by atoms with Crippen LogP contribution in [0.3, 0.4) is 0 Å². The minimum atomic E-state index is -1.12. The number of hydrogen-bond acceptors (Lipinski definition) is 3. The molecule has 3 rings (SSSR count). The predicted octanol–water partition coefficient (Wildman–Crippen LogP) is 1.72. The lowest BCUT2D eigenvalue weighted by molar-refractivity contribution is -0.143. The molecule has 2 amide bonds. The lowest BCUT2D eigenvalue weighted by atomic mass is 10.1. The van der Waals surface area contributed by atoms with E-state index < -0.39 is 6.10 Å². The Morgan fingerprint density at radius 3 is 2.57 bits per heavy atom. The van der Waals surface area contributed by atoms with Crippen molar-refractivity contribution < 1.29 is 14.7 Å². The van der Waals surface area contributed by atoms with Gasteiger partial charge in [0.15, 0.2) is 6.10 Å². The molecule has 0 bridgehead atoms. The molecule has 124 valence electrons. The monoisotopic (exact) mass is 316 g/mol. The van der Waals surface area contributed by atoms with Crippen LogP contribution in [0, 0.1) is 0 Å². The molecule has 5 nitrogen and oxygen atoms in total. The molecule has 0 spiro atoms. The molecule has 1 N–H and O–H groups in total. The van der Waals surface area contributed by atoms with Gasteiger partial charge in [-0.3, -0.25) is 9.59 Å². The number of carbonyl (C=O) groups is 2. The second-order valence-corrected chi connectivity index (χ2v) is 6.54. The SMILES string of the molecule is CC(=O)N(CC1CCCN1C(=O)[C@@H](O)c1ccccc1)C1CC1. The van der Waals surface area contributed by atoms with E-state index in [9.17, 15) is 14.7 Å². The van der Waals surface area contributed by atoms with Crippen LogP contribution in [-0.2, 0) is 9.59 Å². The van der Waals surface area contributed by atoms with Gasteiger partial charge in [-0.15, -0.1) is 0 Å². The smallest absolute Gasteiger partial charge is 0.256 e. The molecular formula is C18H24N2O3. The van der Waals surface area contributed by atoms with E-state index in [0.717, 1.165) is 25.7 Å². The largest absolute Gasteiger partial charge is 0.378 e. The molecule has 2 atom stereocenters. The fraction of sp³-hybridized carbons (Fsp3) is 0.556. The number of aliphatic hydroxyl groups is 1. The number of nitrogens with zero attached hydrogens (tertiary/aromatic N) is 2. The number of hydrogen-bond donors (Lipinski definition) is 1. The lowest BCUT2D eigenvalue weighted by Gasteiger charge is -2.31. The van der Waals surface area contributed by atoms with Gasteiger partial charge < -0.3 is 14.9 Å². The van der Waals surface area contributed by atoms with Crippen molar-refractivity contribution in [3.05, 3.63) is 35.9 Å². The number of rotatable bonds is 5. The Hall–Kier alpha value is -1.88. The van der Waals surface area contributed by atoms with E-state index in [-0.39, 0.29) is 17.9 Å². The highest BCUT2D eigenvalue weighted by molar-refractivity contribution is 5.82. The topological polar surface area (TPSA) is 60.9 Å². The van der Waals surface area contributed by atoms with Gasteiger partial charge in [0.2, 0.25) is 5.91 Å². The summed E-state index contributed by atoms with van der Waals surface area (Å²) in [6.45, 7) is 2.84. The standard InChI is InChI=1S/C18H24N2O3/c1-13(21)20(15-9-10-15)12-16-8-5-11-19(16)18(23)17(22)14-6-3-2-4-7-14/h2-4,6-7,15-17,22H,5,8-12H2,1H3/t16?,17-/m0/s1. The van der Waals surface area contributed by atoms with Gasteiger partial charge in [-0.05, 0) is 31.2 Å². The quantitative estimate of drug-likeness (QED) is 0.900. The third kappa shape index (κ3) is 3.55. The molecule has 0 aromatic heterocycles. The van der Waals surface area contributed by atoms with Crippen LogP contribution in [-0.4, -0.2) is 51.9 Å². The molecule has 23 heavy (non-hydrogen) atoms. The molecule has 1 heterocycles. The zero-order valence-electron chi connectivity index (χ0n) is 13.5. The average Bonchev–Trinajstić information content (AvgIpc) is 3.29. The third-order valence-corrected chi connectivity index (χ3v) is 4.81. The van der Waals surface area contributed by atoms with Crippen molar-refractivity contribution in [2.75, 3.05) is 13.1 Å². The number of benzene rings is 1. The normalized spacial score (nSPS) is 22.0. The summed E-state index contributed by atoms with van der Waals surface area (Å²) in [7, 11) is 0. The van der Waals surface area contributed by atoms with Crippen molar-refractivity contribution in [3.63, 3.8) is 0 Å². The van der Waals surface area contributed by atoms with E-state index in [2.05, 4.69) is 0 Å². The van der Waals surface area contributed by atoms with Crippen molar-refractivity contribution in [2.45, 2.75) is 50.8 Å². The summed E-state index contributed by atoms with van der Waals surface area (Å²) in [5.74, 6) is -0.173. The van der Waals surface area contributed by atoms with Gasteiger partial charge >= 0.3 is 0 Å². The third-order valence-electron chi connectivity index (χ3n) is 4.81. The van der Waals surface area contributed by atoms with Crippen LogP contribution < -0.4 is 0 Å². The zero-order chi connectivity index (χ0) is 16.4. The van der Waals surface area contributed by atoms with E-state index in [1.54, 1.807) is 24.0 Å². The molecule has 1 aromatic rings. The first-order valence-electron chi connectivity index (χ1n) is 8.38. The molecule has 5 heteroatoms. The van der Waals surface area contributed by atoms with Crippen LogP contribution in [0.1, 0.15) is 44.3 Å². The molecule has 1 aromatic carbocycles. The van der Waals surface area contributed by atoms with Gasteiger partial charge in [-0.25, -0.2) is 0 Å². The number of likely N-dealkylation sites (tertiary alicyclic amines) is 1. The lowest BCUT2D eigenvalue weighted by Crippen LogP contribution is -2.46. The van der Waals surface area contributed by atoms with E-state index in [0.29, 0.717) is 24.7 Å². The maximum atomic E-state index is 12.7. The zero-order valence-corrected chi connectivity index (χ0v) is 13.5. The van der Waals surface area contributed by atoms with Crippen molar-refractivity contribution in [1.82, 2.24) is 9.80 Å². The van der Waals surface area contributed by atoms with Gasteiger partial charge in [0.05, 0.1) is 0 Å². The second kappa shape index (κ2) is 6.71. The Labute approximate surface area is 136 Å². The molecule has 0 radical (unpaired) electrons. The molecular weight excluding hydrogens is 292 g/mol. The Morgan fingerprint density at radius 2 is 1.96 bits per heavy atom. The minimum Gasteiger partial charge on any atom is -0.378 e. The Morgan fingerprint density at radius 1 is 1.26 bits per heavy atom. The Balaban J connectivity index is 1.68. The summed E-state index contributed by atoms with van der Waals surface area (Å²) >= 11 is 0. The summed E-state index contributed by atoms with van der Waals surface area (Å²) in [5, 5.41) is 10.4. The Kier molecular flexibility index (Phi) is 4.66. The van der Waals surface area contributed by atoms with Crippen LogP contribution in [0.2, 0.25) is 0 Å². The van der Waals surface area contributed by atoms with E-state index in [1.807, 2.05) is 23.1 Å². The summed E-state index contributed by atoms with van der Waals surface area (Å²) in [5.41, 5.74) is 0.619. The maximum Gasteiger partial charge on any atom is 0.256 e. The molecule has 1 unspecified atom stereocenters. The highest BCUT2D eigenvalue weighted by Gasteiger charge is 2.38. The highest BCUT2D eigenvalue weighted by atomic mass is 16.3. The first-order valence-corrected chi connectivity index (χ1v) is 8.38. The van der Waals surface area contributed by atoms with Crippen LogP contribution in [0.15, 0.2) is 30.3 Å². The molecule has 1 saturated carbocycles. The first kappa shape index (κ1) is 16.0. The second-order valence-electron chi connectivity index (χ2n) is 6.54. The summed E-state index contributed by atoms with van der Waals surface area (Å²) in [6.07, 6.45) is 2.82. The minimum absolute atomic E-state index is 0.0189. The fourth-order valence-electron chi connectivity index (χ4n) is 3.40. The van der Waals surface area contributed by atoms with Crippen molar-refractivity contribution in [1.29, 1.82) is 0 Å². The predicted molar refractivity (Wildman–Crippen MR) is 86.5 cm³/mol. The summed E-state index contributed by atoms with van der Waals surface area (Å²) < 4.78 is 0. The Bertz CT molecular complexity index is 571. The van der Waals surface area contributed by atoms with Crippen LogP contribution in [0.4, 0.5) is 0 Å². The number of amides is 2. The first-order chi connectivity index (χ1) is 11.1. The van der Waals surface area contributed by atoms with Crippen molar-refractivity contribution in [2.24, 2.45) is 0 Å². The van der Waals surface area contributed by atoms with Gasteiger partial charge in [-0.1, -0.05) is 30.3 Å². The van der Waals surface area contributed by atoms with Gasteiger partial charge in [0.25, 0.3) is 5.91 Å². The van der Waals surface area contributed by atoms with E-state index >= 15 is 0 Å². The van der Waals surface area contributed by atoms with Gasteiger partial charge in [0.1, 0.15) is 0 Å². The van der Waals surface area contributed by atoms with Crippen molar-refractivity contribution >= 4 is 11.8 Å². The molecule has 1 aliphatic heterocycles. The van der Waals surface area contributed by atoms with Gasteiger partial charge in [-0.2, -0.15) is 0 Å². The van der Waals surface area contributed by atoms with Crippen LogP contribution >= 0.6 is 0 Å². The highest BCUT2D eigenvalue weighted by Crippen LogP contribution is 2.30. The average molecular weight is 316 g/mol. The number of carbonyl (C=O) groups excluding carboxylic acids is 2. The van der Waals surface area contributed by atoms with E-state index in [1.165, 1.54) is 0 Å². The molecule has 1 saturated heterocycles. The van der Waals surface area contributed by atoms with Crippen molar-refractivity contribution in [3.8, 4) is 0 Å². The fourth-order valence-corrected chi connectivity index (χ4v) is 3.40. The molecule has 1 aliphatic carbocycles. The molecule has 2 aliphatic rings. The maximum absolute atomic E-state index is 12.7. The number of aliphatic hydroxyl groups excluding tert-OH is 1. The van der Waals surface area contributed by atoms with E-state index in [4.69, 9.17) is 0 Å². The van der Waals surface area contributed by atoms with Gasteiger partial charge in [0, 0.05) is 32.1 Å². The van der Waals surface area contributed by atoms with Crippen LogP contribution in [0.5, 0.6) is 0 Å². The summed E-state index contributed by atoms with van der Waals surface area (Å²) in [4.78, 5) is 28.1. The molecule has 2 fully saturated rings. The summed E-state index contributed by atoms with van der Waals surface area (Å²) in [6, 6.07) is 9.39.